The van der Waals surface area contributed by atoms with Gasteiger partial charge < -0.3 is 5.32 Å². The Morgan fingerprint density at radius 2 is 2.60 bits per heavy atom. The highest BCUT2D eigenvalue weighted by Gasteiger charge is 2.21. The molecular formula is C5H10N2O3. The second kappa shape index (κ2) is 3.50. The van der Waals surface area contributed by atoms with E-state index in [4.69, 9.17) is 5.26 Å². The molecule has 1 unspecified atom stereocenters. The molecule has 58 valence electrons. The molecule has 5 nitrogen and oxygen atoms in total. The van der Waals surface area contributed by atoms with Crippen molar-refractivity contribution in [2.24, 2.45) is 0 Å². The minimum Gasteiger partial charge on any atom is -0.306 e. The summed E-state index contributed by atoms with van der Waals surface area (Å²) in [6.45, 7) is 0.851. The third-order valence-corrected chi connectivity index (χ3v) is 1.52. The van der Waals surface area contributed by atoms with Crippen molar-refractivity contribution in [3.05, 3.63) is 0 Å². The summed E-state index contributed by atoms with van der Waals surface area (Å²) in [6, 6.07) is -0.202. The van der Waals surface area contributed by atoms with Gasteiger partial charge in [0, 0.05) is 0 Å². The number of amides is 1. The standard InChI is InChI=1S/C5H10N2O3/c8-5(7-10-9)4-2-1-3-6-4/h4,6,9H,1-3H2,(H,7,8). The number of nitrogens with one attached hydrogen (secondary N) is 2. The molecule has 1 heterocycles. The molecule has 1 saturated heterocycles. The zero-order valence-electron chi connectivity index (χ0n) is 5.46. The highest BCUT2D eigenvalue weighted by atomic mass is 17.2. The summed E-state index contributed by atoms with van der Waals surface area (Å²) >= 11 is 0. The summed E-state index contributed by atoms with van der Waals surface area (Å²) in [4.78, 5) is 14.3. The molecule has 1 fully saturated rings. The van der Waals surface area contributed by atoms with Gasteiger partial charge in [0.1, 0.15) is 0 Å². The normalized spacial score (nSPS) is 24.7. The van der Waals surface area contributed by atoms with E-state index in [1.165, 1.54) is 0 Å². The number of carbonyl (C=O) groups excluding carboxylic acids is 1. The minimum absolute atomic E-state index is 0.202. The molecule has 0 radical (unpaired) electrons. The third-order valence-electron chi connectivity index (χ3n) is 1.52. The lowest BCUT2D eigenvalue weighted by Gasteiger charge is -2.06. The van der Waals surface area contributed by atoms with Crippen LogP contribution in [0.5, 0.6) is 0 Å². The number of rotatable bonds is 2. The molecule has 1 aliphatic rings. The van der Waals surface area contributed by atoms with Crippen LogP contribution in [-0.4, -0.2) is 23.8 Å². The summed E-state index contributed by atoms with van der Waals surface area (Å²) in [5, 5.41) is 10.8. The Hall–Kier alpha value is -0.650. The van der Waals surface area contributed by atoms with Crippen LogP contribution in [0.3, 0.4) is 0 Å². The van der Waals surface area contributed by atoms with Crippen molar-refractivity contribution in [1.29, 1.82) is 0 Å². The SMILES string of the molecule is O=C(NOO)C1CCCN1. The molecular weight excluding hydrogens is 136 g/mol. The van der Waals surface area contributed by atoms with Crippen LogP contribution in [0.1, 0.15) is 12.8 Å². The second-order valence-corrected chi connectivity index (χ2v) is 2.21. The predicted molar refractivity (Wildman–Crippen MR) is 32.9 cm³/mol. The Labute approximate surface area is 58.2 Å². The van der Waals surface area contributed by atoms with Crippen molar-refractivity contribution < 1.29 is 15.0 Å². The number of carbonyl (C=O) groups is 1. The maximum atomic E-state index is 10.8. The van der Waals surface area contributed by atoms with Gasteiger partial charge in [-0.25, -0.2) is 10.7 Å². The fourth-order valence-electron chi connectivity index (χ4n) is 1.02. The van der Waals surface area contributed by atoms with E-state index in [0.717, 1.165) is 19.4 Å². The van der Waals surface area contributed by atoms with Gasteiger partial charge in [0.2, 0.25) is 0 Å². The minimum atomic E-state index is -0.319. The molecule has 3 N–H and O–H groups in total. The van der Waals surface area contributed by atoms with Crippen molar-refractivity contribution >= 4 is 5.91 Å². The van der Waals surface area contributed by atoms with E-state index in [2.05, 4.69) is 10.3 Å². The summed E-state index contributed by atoms with van der Waals surface area (Å²) < 4.78 is 0. The van der Waals surface area contributed by atoms with Gasteiger partial charge in [-0.1, -0.05) is 0 Å². The molecule has 1 rings (SSSR count). The van der Waals surface area contributed by atoms with Crippen LogP contribution in [0.2, 0.25) is 0 Å². The van der Waals surface area contributed by atoms with Crippen LogP contribution in [0.15, 0.2) is 0 Å². The van der Waals surface area contributed by atoms with Crippen LogP contribution >= 0.6 is 0 Å². The average Bonchev–Trinajstić information content (AvgIpc) is 2.38. The number of hydrogen-bond donors (Lipinski definition) is 3. The molecule has 0 aliphatic carbocycles. The van der Waals surface area contributed by atoms with Crippen LogP contribution in [0.25, 0.3) is 0 Å². The van der Waals surface area contributed by atoms with Crippen LogP contribution in [0.4, 0.5) is 0 Å². The van der Waals surface area contributed by atoms with E-state index >= 15 is 0 Å². The quantitative estimate of drug-likeness (QED) is 0.354. The van der Waals surface area contributed by atoms with Gasteiger partial charge in [0.05, 0.1) is 6.04 Å². The molecule has 0 aromatic carbocycles. The van der Waals surface area contributed by atoms with E-state index in [9.17, 15) is 4.79 Å². The fraction of sp³-hybridized carbons (Fsp3) is 0.800. The second-order valence-electron chi connectivity index (χ2n) is 2.21. The first-order chi connectivity index (χ1) is 4.84. The lowest BCUT2D eigenvalue weighted by molar-refractivity contribution is -0.285. The first kappa shape index (κ1) is 7.46. The smallest absolute Gasteiger partial charge is 0.263 e. The predicted octanol–water partition coefficient (Wildman–Crippen LogP) is -0.741. The Morgan fingerprint density at radius 1 is 1.80 bits per heavy atom. The van der Waals surface area contributed by atoms with Crippen molar-refractivity contribution in [2.75, 3.05) is 6.54 Å². The third kappa shape index (κ3) is 1.66. The van der Waals surface area contributed by atoms with Gasteiger partial charge in [0.15, 0.2) is 0 Å². The Morgan fingerprint density at radius 3 is 3.10 bits per heavy atom. The zero-order valence-corrected chi connectivity index (χ0v) is 5.46. The first-order valence-corrected chi connectivity index (χ1v) is 3.18. The average molecular weight is 146 g/mol. The van der Waals surface area contributed by atoms with E-state index in [1.54, 1.807) is 0 Å². The molecule has 10 heavy (non-hydrogen) atoms. The molecule has 0 aromatic rings. The maximum Gasteiger partial charge on any atom is 0.263 e. The lowest BCUT2D eigenvalue weighted by Crippen LogP contribution is -2.39. The Balaban J connectivity index is 2.25. The van der Waals surface area contributed by atoms with Gasteiger partial charge in [-0.15, -0.1) is 4.99 Å². The molecule has 5 heteroatoms. The van der Waals surface area contributed by atoms with Crippen LogP contribution in [-0.2, 0) is 9.78 Å². The highest BCUT2D eigenvalue weighted by Crippen LogP contribution is 2.03. The lowest BCUT2D eigenvalue weighted by atomic mass is 10.2. The van der Waals surface area contributed by atoms with E-state index < -0.39 is 0 Å². The van der Waals surface area contributed by atoms with Crippen molar-refractivity contribution in [3.63, 3.8) is 0 Å². The number of hydrogen-bond acceptors (Lipinski definition) is 4. The summed E-state index contributed by atoms with van der Waals surface area (Å²) in [5.74, 6) is -0.319. The van der Waals surface area contributed by atoms with E-state index in [-0.39, 0.29) is 11.9 Å². The summed E-state index contributed by atoms with van der Waals surface area (Å²) in [6.07, 6.45) is 1.79. The maximum absolute atomic E-state index is 10.8. The molecule has 0 spiro atoms. The van der Waals surface area contributed by atoms with Gasteiger partial charge in [-0.2, -0.15) is 0 Å². The monoisotopic (exact) mass is 146 g/mol. The van der Waals surface area contributed by atoms with Gasteiger partial charge in [-0.05, 0) is 19.4 Å². The van der Waals surface area contributed by atoms with Gasteiger partial charge >= 0.3 is 0 Å². The van der Waals surface area contributed by atoms with E-state index in [0.29, 0.717) is 0 Å². The van der Waals surface area contributed by atoms with Crippen molar-refractivity contribution in [3.8, 4) is 0 Å². The van der Waals surface area contributed by atoms with Gasteiger partial charge in [-0.3, -0.25) is 4.79 Å². The molecule has 0 saturated carbocycles. The summed E-state index contributed by atoms with van der Waals surface area (Å²) in [5.41, 5.74) is 1.84. The van der Waals surface area contributed by atoms with Crippen LogP contribution in [0, 0.1) is 0 Å². The fourth-order valence-corrected chi connectivity index (χ4v) is 1.02. The molecule has 0 bridgehead atoms. The molecule has 1 aliphatic heterocycles. The zero-order chi connectivity index (χ0) is 7.40. The van der Waals surface area contributed by atoms with Gasteiger partial charge in [0.25, 0.3) is 5.91 Å². The first-order valence-electron chi connectivity index (χ1n) is 3.18. The topological polar surface area (TPSA) is 70.6 Å². The van der Waals surface area contributed by atoms with Crippen molar-refractivity contribution in [2.45, 2.75) is 18.9 Å². The number of hydroxylamine groups is 1. The van der Waals surface area contributed by atoms with Crippen LogP contribution < -0.4 is 10.8 Å². The van der Waals surface area contributed by atoms with Crippen molar-refractivity contribution in [1.82, 2.24) is 10.8 Å². The highest BCUT2D eigenvalue weighted by molar-refractivity contribution is 5.80. The largest absolute Gasteiger partial charge is 0.306 e. The molecule has 1 atom stereocenters. The Kier molecular flexibility index (Phi) is 2.61. The molecule has 1 amide bonds. The molecule has 0 aromatic heterocycles. The Bertz CT molecular complexity index is 122. The summed E-state index contributed by atoms with van der Waals surface area (Å²) in [7, 11) is 0. The van der Waals surface area contributed by atoms with E-state index in [1.807, 2.05) is 5.48 Å².